The maximum absolute atomic E-state index is 14.7. The predicted octanol–water partition coefficient (Wildman–Crippen LogP) is 4.61. The number of halogens is 3. The number of pyridine rings is 1. The van der Waals surface area contributed by atoms with Crippen LogP contribution in [-0.2, 0) is 39.1 Å². The van der Waals surface area contributed by atoms with Crippen molar-refractivity contribution in [1.82, 2.24) is 23.9 Å². The number of likely N-dealkylation sites (tertiary alicyclic amines) is 1. The molecule has 0 bridgehead atoms. The van der Waals surface area contributed by atoms with Crippen LogP contribution in [0.25, 0.3) is 0 Å². The summed E-state index contributed by atoms with van der Waals surface area (Å²) in [7, 11) is 0. The SMILES string of the molecule is O=c1c2c(n(Cc3c(F)cccc3F)c(=O)n1C[C@H]1CCCN1Cc1ccccn1)CCN(Cc1ccc(Cl)cc1)C2. The molecule has 0 radical (unpaired) electrons. The summed E-state index contributed by atoms with van der Waals surface area (Å²) < 4.78 is 32.2. The van der Waals surface area contributed by atoms with Gasteiger partial charge in [-0.05, 0) is 61.3 Å². The fourth-order valence-electron chi connectivity index (χ4n) is 6.18. The number of aromatic nitrogens is 3. The first-order chi connectivity index (χ1) is 20.4. The van der Waals surface area contributed by atoms with Gasteiger partial charge in [0.1, 0.15) is 11.6 Å². The van der Waals surface area contributed by atoms with Gasteiger partial charge in [0.25, 0.3) is 5.56 Å². The van der Waals surface area contributed by atoms with Crippen molar-refractivity contribution < 1.29 is 8.78 Å². The molecular formula is C32H32ClF2N5O2. The lowest BCUT2D eigenvalue weighted by molar-refractivity contribution is 0.212. The zero-order chi connectivity index (χ0) is 29.2. The second-order valence-electron chi connectivity index (χ2n) is 11.1. The van der Waals surface area contributed by atoms with Crippen molar-refractivity contribution in [1.29, 1.82) is 0 Å². The van der Waals surface area contributed by atoms with Crippen LogP contribution in [0, 0.1) is 11.6 Å². The van der Waals surface area contributed by atoms with Crippen molar-refractivity contribution in [2.24, 2.45) is 0 Å². The molecule has 1 atom stereocenters. The van der Waals surface area contributed by atoms with Crippen LogP contribution >= 0.6 is 11.6 Å². The summed E-state index contributed by atoms with van der Waals surface area (Å²) in [6.45, 7) is 2.92. The van der Waals surface area contributed by atoms with E-state index in [9.17, 15) is 18.4 Å². The smallest absolute Gasteiger partial charge is 0.294 e. The fraction of sp³-hybridized carbons (Fsp3) is 0.344. The zero-order valence-corrected chi connectivity index (χ0v) is 23.9. The molecule has 10 heteroatoms. The van der Waals surface area contributed by atoms with Crippen LogP contribution in [0.4, 0.5) is 8.78 Å². The lowest BCUT2D eigenvalue weighted by Gasteiger charge is -2.31. The van der Waals surface area contributed by atoms with Crippen LogP contribution in [0.15, 0.2) is 76.4 Å². The predicted molar refractivity (Wildman–Crippen MR) is 157 cm³/mol. The van der Waals surface area contributed by atoms with E-state index < -0.39 is 17.3 Å². The Kier molecular flexibility index (Phi) is 8.33. The van der Waals surface area contributed by atoms with Gasteiger partial charge < -0.3 is 0 Å². The van der Waals surface area contributed by atoms with Crippen molar-refractivity contribution in [3.63, 3.8) is 0 Å². The van der Waals surface area contributed by atoms with E-state index in [4.69, 9.17) is 11.6 Å². The number of hydrogen-bond donors (Lipinski definition) is 0. The third kappa shape index (κ3) is 5.95. The maximum atomic E-state index is 14.7. The molecule has 0 N–H and O–H groups in total. The zero-order valence-electron chi connectivity index (χ0n) is 23.2. The van der Waals surface area contributed by atoms with Crippen molar-refractivity contribution in [3.8, 4) is 0 Å². The van der Waals surface area contributed by atoms with E-state index in [0.29, 0.717) is 48.9 Å². The standard InChI is InChI=1S/C32H32ClF2N5O2/c33-23-11-9-22(10-12-23)17-37-16-13-30-27(20-37)31(41)40(32(42)39(30)21-26-28(34)7-3-8-29(26)35)19-25-6-4-15-38(25)18-24-5-1-2-14-36-24/h1-3,5,7-12,14,25H,4,6,13,15-21H2/t25-/m1/s1. The van der Waals surface area contributed by atoms with Crippen LogP contribution in [0.2, 0.25) is 5.02 Å². The van der Waals surface area contributed by atoms with E-state index in [2.05, 4.69) is 14.8 Å². The fourth-order valence-corrected chi connectivity index (χ4v) is 6.30. The molecule has 2 aromatic carbocycles. The Balaban J connectivity index is 1.36. The van der Waals surface area contributed by atoms with Gasteiger partial charge in [0.15, 0.2) is 0 Å². The van der Waals surface area contributed by atoms with Gasteiger partial charge in [-0.2, -0.15) is 0 Å². The highest BCUT2D eigenvalue weighted by Crippen LogP contribution is 2.23. The molecule has 0 aliphatic carbocycles. The van der Waals surface area contributed by atoms with Crippen LogP contribution in [0.1, 0.15) is 40.9 Å². The van der Waals surface area contributed by atoms with Gasteiger partial charge in [0, 0.05) is 67.7 Å². The van der Waals surface area contributed by atoms with Gasteiger partial charge >= 0.3 is 5.69 Å². The van der Waals surface area contributed by atoms with Gasteiger partial charge in [-0.1, -0.05) is 35.9 Å². The number of benzene rings is 2. The molecule has 2 aliphatic heterocycles. The Labute approximate surface area is 247 Å². The average molecular weight is 592 g/mol. The highest BCUT2D eigenvalue weighted by molar-refractivity contribution is 6.30. The Hall–Kier alpha value is -3.66. The van der Waals surface area contributed by atoms with Gasteiger partial charge in [0.2, 0.25) is 0 Å². The van der Waals surface area contributed by atoms with Crippen LogP contribution in [-0.4, -0.2) is 43.0 Å². The van der Waals surface area contributed by atoms with E-state index in [1.165, 1.54) is 27.3 Å². The molecule has 42 heavy (non-hydrogen) atoms. The third-order valence-electron chi connectivity index (χ3n) is 8.37. The van der Waals surface area contributed by atoms with Gasteiger partial charge in [-0.3, -0.25) is 28.7 Å². The molecule has 4 aromatic rings. The summed E-state index contributed by atoms with van der Waals surface area (Å²) in [5, 5.41) is 0.652. The number of fused-ring (bicyclic) bond motifs is 1. The molecule has 0 amide bonds. The lowest BCUT2D eigenvalue weighted by Crippen LogP contribution is -2.50. The minimum Gasteiger partial charge on any atom is -0.294 e. The summed E-state index contributed by atoms with van der Waals surface area (Å²) >= 11 is 6.06. The van der Waals surface area contributed by atoms with E-state index in [-0.39, 0.29) is 30.3 Å². The quantitative estimate of drug-likeness (QED) is 0.300. The molecule has 2 aromatic heterocycles. The number of hydrogen-bond acceptors (Lipinski definition) is 5. The average Bonchev–Trinajstić information content (AvgIpc) is 3.43. The Morgan fingerprint density at radius 1 is 0.881 bits per heavy atom. The normalized spacial score (nSPS) is 17.5. The first kappa shape index (κ1) is 28.5. The molecule has 218 valence electrons. The second kappa shape index (κ2) is 12.3. The van der Waals surface area contributed by atoms with Crippen LogP contribution in [0.3, 0.4) is 0 Å². The lowest BCUT2D eigenvalue weighted by atomic mass is 10.0. The Morgan fingerprint density at radius 3 is 2.40 bits per heavy atom. The molecule has 7 nitrogen and oxygen atoms in total. The van der Waals surface area contributed by atoms with E-state index in [1.807, 2.05) is 42.5 Å². The largest absolute Gasteiger partial charge is 0.331 e. The second-order valence-corrected chi connectivity index (χ2v) is 11.5. The highest BCUT2D eigenvalue weighted by Gasteiger charge is 2.30. The highest BCUT2D eigenvalue weighted by atomic mass is 35.5. The molecule has 6 rings (SSSR count). The monoisotopic (exact) mass is 591 g/mol. The van der Waals surface area contributed by atoms with Crippen molar-refractivity contribution in [3.05, 3.63) is 132 Å². The summed E-state index contributed by atoms with van der Waals surface area (Å²) in [5.74, 6) is -1.43. The molecule has 0 unspecified atom stereocenters. The number of nitrogens with zero attached hydrogens (tertiary/aromatic N) is 5. The first-order valence-electron chi connectivity index (χ1n) is 14.3. The molecule has 4 heterocycles. The third-order valence-corrected chi connectivity index (χ3v) is 8.62. The molecule has 1 saturated heterocycles. The first-order valence-corrected chi connectivity index (χ1v) is 14.6. The molecule has 0 saturated carbocycles. The van der Waals surface area contributed by atoms with Gasteiger partial charge in [-0.15, -0.1) is 0 Å². The summed E-state index contributed by atoms with van der Waals surface area (Å²) in [6, 6.07) is 17.0. The molecule has 2 aliphatic rings. The molecule has 0 spiro atoms. The Bertz CT molecular complexity index is 1670. The Morgan fingerprint density at radius 2 is 1.67 bits per heavy atom. The van der Waals surface area contributed by atoms with Crippen molar-refractivity contribution >= 4 is 11.6 Å². The van der Waals surface area contributed by atoms with E-state index >= 15 is 0 Å². The van der Waals surface area contributed by atoms with E-state index in [0.717, 1.165) is 30.6 Å². The van der Waals surface area contributed by atoms with Crippen molar-refractivity contribution in [2.45, 2.75) is 58.0 Å². The topological polar surface area (TPSA) is 63.4 Å². The summed E-state index contributed by atoms with van der Waals surface area (Å²) in [5.41, 5.74) is 1.98. The minimum atomic E-state index is -0.717. The molecule has 1 fully saturated rings. The minimum absolute atomic E-state index is 0.0390. The summed E-state index contributed by atoms with van der Waals surface area (Å²) in [6.07, 6.45) is 3.95. The number of rotatable bonds is 8. The summed E-state index contributed by atoms with van der Waals surface area (Å²) in [4.78, 5) is 36.8. The van der Waals surface area contributed by atoms with E-state index in [1.54, 1.807) is 6.20 Å². The van der Waals surface area contributed by atoms with Gasteiger partial charge in [0.05, 0.1) is 17.8 Å². The van der Waals surface area contributed by atoms with Crippen LogP contribution < -0.4 is 11.2 Å². The molecular weight excluding hydrogens is 560 g/mol. The van der Waals surface area contributed by atoms with Crippen LogP contribution in [0.5, 0.6) is 0 Å². The van der Waals surface area contributed by atoms with Gasteiger partial charge in [-0.25, -0.2) is 13.6 Å². The maximum Gasteiger partial charge on any atom is 0.331 e. The van der Waals surface area contributed by atoms with Crippen molar-refractivity contribution in [2.75, 3.05) is 13.1 Å².